The van der Waals surface area contributed by atoms with Gasteiger partial charge in [-0.05, 0) is 0 Å². The number of carbonyl (C=O) groups is 1. The molecule has 0 unspecified atom stereocenters. The Balaban J connectivity index is 3.50. The van der Waals surface area contributed by atoms with Gasteiger partial charge in [-0.15, -0.1) is 4.98 Å². The van der Waals surface area contributed by atoms with Gasteiger partial charge in [0.1, 0.15) is 5.56 Å². The Morgan fingerprint density at radius 1 is 1.77 bits per heavy atom. The molecule has 1 aromatic heterocycles. The average Bonchev–Trinajstić information content (AvgIpc) is 2.04. The third kappa shape index (κ3) is 1.65. The van der Waals surface area contributed by atoms with Crippen LogP contribution in [0.2, 0.25) is 0 Å². The summed E-state index contributed by atoms with van der Waals surface area (Å²) < 4.78 is 12.7. The predicted octanol–water partition coefficient (Wildman–Crippen LogP) is 2.23. The molecule has 1 heterocycles. The van der Waals surface area contributed by atoms with E-state index in [1.165, 1.54) is 0 Å². The van der Waals surface area contributed by atoms with Crippen LogP contribution in [0.15, 0.2) is 10.7 Å². The number of pyridine rings is 1. The molecule has 0 aliphatic rings. The van der Waals surface area contributed by atoms with Crippen LogP contribution in [0.3, 0.4) is 0 Å². The van der Waals surface area contributed by atoms with E-state index >= 15 is 0 Å². The van der Waals surface area contributed by atoms with Crippen LogP contribution in [0.1, 0.15) is 10.4 Å². The summed E-state index contributed by atoms with van der Waals surface area (Å²) >= 11 is 2.80. The third-order valence-electron chi connectivity index (χ3n) is 1.27. The highest BCUT2D eigenvalue weighted by Gasteiger charge is 2.19. The molecule has 0 saturated heterocycles. The largest absolute Gasteiger partial charge is 0.478 e. The Labute approximate surface area is 81.0 Å². The van der Waals surface area contributed by atoms with E-state index in [1.807, 2.05) is 0 Å². The van der Waals surface area contributed by atoms with Gasteiger partial charge in [-0.3, -0.25) is 0 Å². The predicted molar refractivity (Wildman–Crippen MR) is 45.1 cm³/mol. The lowest BCUT2D eigenvalue weighted by molar-refractivity contribution is 0.0690. The number of aromatic carboxylic acids is 1. The van der Waals surface area contributed by atoms with E-state index < -0.39 is 17.3 Å². The summed E-state index contributed by atoms with van der Waals surface area (Å²) in [7, 11) is 0. The van der Waals surface area contributed by atoms with Crippen LogP contribution >= 0.6 is 15.9 Å². The van der Waals surface area contributed by atoms with E-state index in [1.54, 1.807) is 0 Å². The van der Waals surface area contributed by atoms with E-state index in [0.29, 0.717) is 6.20 Å². The van der Waals surface area contributed by atoms with E-state index in [-0.39, 0.29) is 10.3 Å². The van der Waals surface area contributed by atoms with Gasteiger partial charge in [0.2, 0.25) is 0 Å². The number of carboxylic acid groups (broad SMARTS) is 1. The summed E-state index contributed by atoms with van der Waals surface area (Å²) in [6, 6.07) is 0. The van der Waals surface area contributed by atoms with Crippen molar-refractivity contribution in [3.63, 3.8) is 0 Å². The van der Waals surface area contributed by atoms with Crippen molar-refractivity contribution in [2.75, 3.05) is 0 Å². The molecular formula is C7H2BrFN2O2. The van der Waals surface area contributed by atoms with Gasteiger partial charge >= 0.3 is 5.97 Å². The van der Waals surface area contributed by atoms with Gasteiger partial charge in [-0.25, -0.2) is 9.18 Å². The highest BCUT2D eigenvalue weighted by atomic mass is 79.9. The standard InChI is InChI=1S/C7H2BrFN2O2/c1-10-6-5(8)4(7(12)13)3(9)2-11-6/h2H,(H,12,13). The summed E-state index contributed by atoms with van der Waals surface area (Å²) in [4.78, 5) is 16.8. The number of carboxylic acids is 1. The molecule has 0 fully saturated rings. The molecule has 13 heavy (non-hydrogen) atoms. The van der Waals surface area contributed by atoms with E-state index in [4.69, 9.17) is 11.7 Å². The molecule has 0 spiro atoms. The molecule has 1 rings (SSSR count). The van der Waals surface area contributed by atoms with Crippen LogP contribution in [0.25, 0.3) is 4.85 Å². The van der Waals surface area contributed by atoms with Crippen molar-refractivity contribution >= 4 is 27.7 Å². The molecule has 0 aromatic carbocycles. The molecular weight excluding hydrogens is 243 g/mol. The maximum absolute atomic E-state index is 12.8. The van der Waals surface area contributed by atoms with E-state index in [2.05, 4.69) is 25.8 Å². The number of nitrogens with zero attached hydrogens (tertiary/aromatic N) is 2. The Morgan fingerprint density at radius 3 is 2.85 bits per heavy atom. The minimum Gasteiger partial charge on any atom is -0.478 e. The lowest BCUT2D eigenvalue weighted by Crippen LogP contribution is -2.02. The summed E-state index contributed by atoms with van der Waals surface area (Å²) in [5.41, 5.74) is -0.569. The number of hydrogen-bond donors (Lipinski definition) is 1. The quantitative estimate of drug-likeness (QED) is 0.771. The van der Waals surface area contributed by atoms with E-state index in [0.717, 1.165) is 0 Å². The van der Waals surface area contributed by atoms with Crippen LogP contribution in [0.5, 0.6) is 0 Å². The minimum absolute atomic E-state index is 0.130. The summed E-state index contributed by atoms with van der Waals surface area (Å²) in [5, 5.41) is 8.57. The number of aromatic nitrogens is 1. The second-order valence-electron chi connectivity index (χ2n) is 2.04. The van der Waals surface area contributed by atoms with E-state index in [9.17, 15) is 9.18 Å². The number of rotatable bonds is 1. The van der Waals surface area contributed by atoms with Gasteiger partial charge in [-0.1, -0.05) is 22.5 Å². The number of hydrogen-bond acceptors (Lipinski definition) is 2. The molecule has 0 saturated carbocycles. The van der Waals surface area contributed by atoms with Crippen LogP contribution < -0.4 is 0 Å². The van der Waals surface area contributed by atoms with Crippen molar-refractivity contribution in [2.45, 2.75) is 0 Å². The zero-order valence-electron chi connectivity index (χ0n) is 6.08. The molecule has 6 heteroatoms. The molecule has 0 aliphatic heterocycles. The number of halogens is 2. The maximum atomic E-state index is 12.8. The van der Waals surface area contributed by atoms with Crippen molar-refractivity contribution in [3.8, 4) is 0 Å². The molecule has 1 aromatic rings. The first-order valence-corrected chi connectivity index (χ1v) is 3.82. The Morgan fingerprint density at radius 2 is 2.38 bits per heavy atom. The summed E-state index contributed by atoms with van der Waals surface area (Å²) in [6.07, 6.45) is 0.710. The Bertz CT molecular complexity index is 414. The first-order chi connectivity index (χ1) is 6.07. The van der Waals surface area contributed by atoms with Gasteiger partial charge in [0.25, 0.3) is 5.82 Å². The monoisotopic (exact) mass is 244 g/mol. The van der Waals surface area contributed by atoms with Crippen LogP contribution in [-0.4, -0.2) is 16.1 Å². The Kier molecular flexibility index (Phi) is 2.58. The van der Waals surface area contributed by atoms with Crippen molar-refractivity contribution in [1.82, 2.24) is 4.98 Å². The lowest BCUT2D eigenvalue weighted by Gasteiger charge is -1.99. The van der Waals surface area contributed by atoms with Crippen LogP contribution in [0, 0.1) is 12.4 Å². The molecule has 0 amide bonds. The fraction of sp³-hybridized carbons (Fsp3) is 0. The molecule has 0 aliphatic carbocycles. The molecule has 0 atom stereocenters. The van der Waals surface area contributed by atoms with Gasteiger partial charge < -0.3 is 9.95 Å². The smallest absolute Gasteiger partial charge is 0.338 e. The van der Waals surface area contributed by atoms with Crippen molar-refractivity contribution in [3.05, 3.63) is 33.5 Å². The van der Waals surface area contributed by atoms with Gasteiger partial charge in [0.15, 0.2) is 12.0 Å². The van der Waals surface area contributed by atoms with Crippen molar-refractivity contribution in [1.29, 1.82) is 0 Å². The van der Waals surface area contributed by atoms with Crippen molar-refractivity contribution in [2.24, 2.45) is 0 Å². The molecule has 4 nitrogen and oxygen atoms in total. The fourth-order valence-corrected chi connectivity index (χ4v) is 1.28. The molecule has 66 valence electrons. The zero-order chi connectivity index (χ0) is 10.0. The maximum Gasteiger partial charge on any atom is 0.338 e. The zero-order valence-corrected chi connectivity index (χ0v) is 7.67. The first-order valence-electron chi connectivity index (χ1n) is 3.02. The highest BCUT2D eigenvalue weighted by molar-refractivity contribution is 9.10. The third-order valence-corrected chi connectivity index (χ3v) is 2.03. The normalized spacial score (nSPS) is 9.31. The summed E-state index contributed by atoms with van der Waals surface area (Å²) in [5.74, 6) is -2.57. The van der Waals surface area contributed by atoms with Gasteiger partial charge in [0.05, 0.1) is 4.47 Å². The van der Waals surface area contributed by atoms with Gasteiger partial charge in [0, 0.05) is 0 Å². The average molecular weight is 245 g/mol. The molecule has 1 N–H and O–H groups in total. The molecule has 0 radical (unpaired) electrons. The topological polar surface area (TPSA) is 54.5 Å². The second-order valence-corrected chi connectivity index (χ2v) is 2.83. The molecule has 0 bridgehead atoms. The van der Waals surface area contributed by atoms with Crippen LogP contribution in [0.4, 0.5) is 10.2 Å². The fourth-order valence-electron chi connectivity index (χ4n) is 0.730. The SMILES string of the molecule is [C-]#[N+]c1ncc(F)c(C(=O)O)c1Br. The van der Waals surface area contributed by atoms with Crippen LogP contribution in [-0.2, 0) is 0 Å². The Hall–Kier alpha value is -1.48. The second kappa shape index (κ2) is 3.49. The van der Waals surface area contributed by atoms with Gasteiger partial charge in [-0.2, -0.15) is 0 Å². The lowest BCUT2D eigenvalue weighted by atomic mass is 10.2. The minimum atomic E-state index is -1.43. The highest BCUT2D eigenvalue weighted by Crippen LogP contribution is 2.28. The van der Waals surface area contributed by atoms with Crippen molar-refractivity contribution < 1.29 is 14.3 Å². The first kappa shape index (κ1) is 9.61. The summed E-state index contributed by atoms with van der Waals surface area (Å²) in [6.45, 7) is 6.61.